The first kappa shape index (κ1) is 19.3. The second-order valence-electron chi connectivity index (χ2n) is 5.14. The molecule has 4 atom stereocenters. The van der Waals surface area contributed by atoms with Crippen LogP contribution in [0.25, 0.3) is 0 Å². The summed E-state index contributed by atoms with van der Waals surface area (Å²) in [5.74, 6) is 0. The van der Waals surface area contributed by atoms with E-state index < -0.39 is 42.4 Å². The Morgan fingerprint density at radius 1 is 1.36 bits per heavy atom. The number of ether oxygens (including phenoxy) is 4. The Bertz CT molecular complexity index is 696. The van der Waals surface area contributed by atoms with Crippen molar-refractivity contribution < 1.29 is 29.2 Å². The van der Waals surface area contributed by atoms with Crippen molar-refractivity contribution in [1.29, 1.82) is 5.26 Å². The van der Waals surface area contributed by atoms with Gasteiger partial charge in [-0.25, -0.2) is 4.79 Å². The average Bonchev–Trinajstić information content (AvgIpc) is 2.90. The minimum atomic E-state index is -1.21. The predicted molar refractivity (Wildman–Crippen MR) is 80.2 cm³/mol. The number of H-pyrrole nitrogens is 1. The van der Waals surface area contributed by atoms with E-state index in [-0.39, 0.29) is 26.6 Å². The number of hydrogen-bond acceptors (Lipinski definition) is 9. The lowest BCUT2D eigenvalue weighted by atomic mass is 10.1. The molecule has 0 aromatic carbocycles. The molecule has 0 radical (unpaired) electrons. The topological polar surface area (TPSA) is 156 Å². The summed E-state index contributed by atoms with van der Waals surface area (Å²) >= 11 is 0. The molecule has 3 N–H and O–H groups in total. The van der Waals surface area contributed by atoms with Crippen molar-refractivity contribution in [1.82, 2.24) is 9.55 Å². The van der Waals surface area contributed by atoms with Crippen molar-refractivity contribution in [2.45, 2.75) is 31.0 Å². The number of nitriles is 1. The van der Waals surface area contributed by atoms with E-state index in [0.29, 0.717) is 0 Å². The quantitative estimate of drug-likeness (QED) is 0.337. The normalized spacial score (nSPS) is 25.8. The first-order valence-electron chi connectivity index (χ1n) is 7.48. The van der Waals surface area contributed by atoms with Gasteiger partial charge >= 0.3 is 5.69 Å². The molecule has 1 aliphatic heterocycles. The molecule has 11 nitrogen and oxygen atoms in total. The van der Waals surface area contributed by atoms with Gasteiger partial charge in [0.1, 0.15) is 31.9 Å². The van der Waals surface area contributed by atoms with E-state index >= 15 is 0 Å². The minimum absolute atomic E-state index is 0.113. The molecular weight excluding hydrogens is 338 g/mol. The van der Waals surface area contributed by atoms with Crippen molar-refractivity contribution in [3.63, 3.8) is 0 Å². The maximum atomic E-state index is 11.9. The number of rotatable bonds is 9. The van der Waals surface area contributed by atoms with Crippen molar-refractivity contribution in [2.24, 2.45) is 0 Å². The van der Waals surface area contributed by atoms with Gasteiger partial charge in [0.15, 0.2) is 6.23 Å². The Kier molecular flexibility index (Phi) is 7.26. The number of hydrogen-bond donors (Lipinski definition) is 3. The van der Waals surface area contributed by atoms with Crippen molar-refractivity contribution in [3.8, 4) is 6.07 Å². The number of aliphatic hydroxyl groups is 2. The molecule has 0 spiro atoms. The van der Waals surface area contributed by atoms with Crippen LogP contribution < -0.4 is 11.2 Å². The van der Waals surface area contributed by atoms with Crippen molar-refractivity contribution in [2.75, 3.05) is 26.8 Å². The van der Waals surface area contributed by atoms with Gasteiger partial charge in [0.2, 0.25) is 0 Å². The van der Waals surface area contributed by atoms with E-state index in [2.05, 4.69) is 4.98 Å². The smallest absolute Gasteiger partial charge is 0.330 e. The summed E-state index contributed by atoms with van der Waals surface area (Å²) in [7, 11) is 0. The summed E-state index contributed by atoms with van der Waals surface area (Å²) in [5.41, 5.74) is -1.31. The highest BCUT2D eigenvalue weighted by molar-refractivity contribution is 4.93. The molecule has 2 heterocycles. The van der Waals surface area contributed by atoms with Gasteiger partial charge < -0.3 is 29.2 Å². The molecule has 1 aromatic rings. The molecular formula is C14H19N3O8. The number of aromatic nitrogens is 2. The highest BCUT2D eigenvalue weighted by atomic mass is 16.7. The van der Waals surface area contributed by atoms with Gasteiger partial charge in [-0.3, -0.25) is 14.3 Å². The summed E-state index contributed by atoms with van der Waals surface area (Å²) in [6, 6.07) is 3.04. The average molecular weight is 357 g/mol. The first-order valence-corrected chi connectivity index (χ1v) is 7.48. The van der Waals surface area contributed by atoms with Crippen molar-refractivity contribution >= 4 is 0 Å². The Labute approximate surface area is 141 Å². The van der Waals surface area contributed by atoms with Crippen LogP contribution in [0, 0.1) is 11.3 Å². The molecule has 0 saturated carbocycles. The van der Waals surface area contributed by atoms with E-state index in [1.54, 1.807) is 0 Å². The summed E-state index contributed by atoms with van der Waals surface area (Å²) in [5, 5.41) is 27.8. The molecule has 1 aromatic heterocycles. The van der Waals surface area contributed by atoms with Crippen molar-refractivity contribution in [3.05, 3.63) is 33.1 Å². The third-order valence-corrected chi connectivity index (χ3v) is 3.49. The Morgan fingerprint density at radius 2 is 2.16 bits per heavy atom. The zero-order valence-corrected chi connectivity index (χ0v) is 13.2. The van der Waals surface area contributed by atoms with Crippen LogP contribution in [0.4, 0.5) is 0 Å². The van der Waals surface area contributed by atoms with Crippen LogP contribution in [0.1, 0.15) is 12.6 Å². The van der Waals surface area contributed by atoms with Gasteiger partial charge in [-0.1, -0.05) is 0 Å². The molecule has 0 amide bonds. The van der Waals surface area contributed by atoms with E-state index in [1.807, 2.05) is 6.07 Å². The van der Waals surface area contributed by atoms with Gasteiger partial charge in [-0.05, 0) is 0 Å². The molecule has 0 aliphatic carbocycles. The molecule has 1 aliphatic rings. The lowest BCUT2D eigenvalue weighted by molar-refractivity contribution is -0.175. The van der Waals surface area contributed by atoms with Crippen LogP contribution in [-0.4, -0.2) is 64.9 Å². The maximum Gasteiger partial charge on any atom is 0.330 e. The summed E-state index contributed by atoms with van der Waals surface area (Å²) < 4.78 is 22.0. The molecule has 25 heavy (non-hydrogen) atoms. The predicted octanol–water partition coefficient (Wildman–Crippen LogP) is -1.97. The second kappa shape index (κ2) is 9.42. The molecule has 11 heteroatoms. The Morgan fingerprint density at radius 3 is 2.84 bits per heavy atom. The fraction of sp³-hybridized carbons (Fsp3) is 0.643. The summed E-state index contributed by atoms with van der Waals surface area (Å²) in [6.45, 7) is -0.649. The van der Waals surface area contributed by atoms with Gasteiger partial charge in [0.05, 0.1) is 25.7 Å². The molecule has 0 bridgehead atoms. The van der Waals surface area contributed by atoms with Gasteiger partial charge in [-0.15, -0.1) is 0 Å². The SMILES string of the molecule is N#CCCOCOCO[C@H]1[C@@H](O)[C@@H](CO)O[C@H]1n1ccc(=O)[nH]c1=O. The molecule has 138 valence electrons. The largest absolute Gasteiger partial charge is 0.394 e. The first-order chi connectivity index (χ1) is 12.1. The van der Waals surface area contributed by atoms with Crippen LogP contribution in [-0.2, 0) is 18.9 Å². The van der Waals surface area contributed by atoms with E-state index in [0.717, 1.165) is 10.6 Å². The van der Waals surface area contributed by atoms with Crippen LogP contribution >= 0.6 is 0 Å². The summed E-state index contributed by atoms with van der Waals surface area (Å²) in [6.07, 6.45) is -2.80. The standard InChI is InChI=1S/C14H19N3O8/c15-3-1-5-22-7-23-8-24-12-11(20)9(6-18)25-13(12)17-4-2-10(19)16-14(17)21/h2,4,9,11-13,18,20H,1,5-8H2,(H,16,19,21)/t9-,11+,12+,13-/m1/s1. The number of aromatic amines is 1. The summed E-state index contributed by atoms with van der Waals surface area (Å²) in [4.78, 5) is 25.1. The molecule has 1 saturated heterocycles. The minimum Gasteiger partial charge on any atom is -0.394 e. The van der Waals surface area contributed by atoms with Gasteiger partial charge in [-0.2, -0.15) is 5.26 Å². The number of nitrogens with one attached hydrogen (secondary N) is 1. The highest BCUT2D eigenvalue weighted by Crippen LogP contribution is 2.30. The van der Waals surface area contributed by atoms with Crippen LogP contribution in [0.5, 0.6) is 0 Å². The molecule has 1 fully saturated rings. The van der Waals surface area contributed by atoms with Gasteiger partial charge in [0.25, 0.3) is 5.56 Å². The zero-order chi connectivity index (χ0) is 18.2. The second-order valence-corrected chi connectivity index (χ2v) is 5.14. The fourth-order valence-electron chi connectivity index (χ4n) is 2.30. The van der Waals surface area contributed by atoms with E-state index in [1.165, 1.54) is 6.20 Å². The van der Waals surface area contributed by atoms with Crippen LogP contribution in [0.15, 0.2) is 21.9 Å². The van der Waals surface area contributed by atoms with Gasteiger partial charge in [0, 0.05) is 12.3 Å². The molecule has 0 unspecified atom stereocenters. The zero-order valence-electron chi connectivity index (χ0n) is 13.2. The van der Waals surface area contributed by atoms with E-state index in [9.17, 15) is 19.8 Å². The lowest BCUT2D eigenvalue weighted by Crippen LogP contribution is -2.39. The Balaban J connectivity index is 1.98. The number of nitrogens with zero attached hydrogens (tertiary/aromatic N) is 2. The highest BCUT2D eigenvalue weighted by Gasteiger charge is 2.45. The van der Waals surface area contributed by atoms with Crippen LogP contribution in [0.2, 0.25) is 0 Å². The lowest BCUT2D eigenvalue weighted by Gasteiger charge is -2.22. The maximum absolute atomic E-state index is 11.9. The third-order valence-electron chi connectivity index (χ3n) is 3.49. The number of aliphatic hydroxyl groups excluding tert-OH is 2. The van der Waals surface area contributed by atoms with Crippen LogP contribution in [0.3, 0.4) is 0 Å². The molecule has 2 rings (SSSR count). The monoisotopic (exact) mass is 357 g/mol. The third kappa shape index (κ3) is 4.95. The Hall–Kier alpha value is -2.07. The van der Waals surface area contributed by atoms with E-state index in [4.69, 9.17) is 24.2 Å². The fourth-order valence-corrected chi connectivity index (χ4v) is 2.30.